The molecule has 0 fully saturated rings. The molecule has 116 valence electrons. The van der Waals surface area contributed by atoms with Gasteiger partial charge in [-0.05, 0) is 0 Å². The number of benzene rings is 1. The first kappa shape index (κ1) is 15.7. The third-order valence-electron chi connectivity index (χ3n) is 3.07. The maximum Gasteiger partial charge on any atom is 0.303 e. The Morgan fingerprint density at radius 3 is 2.68 bits per heavy atom. The number of carboxylic acids is 1. The van der Waals surface area contributed by atoms with Crippen LogP contribution in [0.1, 0.15) is 31.6 Å². The summed E-state index contributed by atoms with van der Waals surface area (Å²) in [6, 6.07) is 9.44. The Morgan fingerprint density at radius 1 is 1.27 bits per heavy atom. The predicted molar refractivity (Wildman–Crippen MR) is 78.0 cm³/mol. The second-order valence-corrected chi connectivity index (χ2v) is 4.92. The molecule has 7 nitrogen and oxygen atoms in total. The van der Waals surface area contributed by atoms with E-state index in [-0.39, 0.29) is 24.7 Å². The Balaban J connectivity index is 1.88. The number of carbonyl (C=O) groups is 2. The van der Waals surface area contributed by atoms with E-state index in [4.69, 9.17) is 9.63 Å². The summed E-state index contributed by atoms with van der Waals surface area (Å²) >= 11 is 0. The largest absolute Gasteiger partial charge is 0.481 e. The second-order valence-electron chi connectivity index (χ2n) is 4.92. The molecule has 2 rings (SSSR count). The fraction of sp³-hybridized carbons (Fsp3) is 0.333. The molecule has 0 saturated carbocycles. The standard InChI is InChI=1S/C15H17N3O4/c1-10(9-16-12(19)7-8-13(20)21)15-17-14(18-22-15)11-5-3-2-4-6-11/h2-6,10H,7-9H2,1H3,(H,16,19)(H,20,21). The molecule has 0 aliphatic carbocycles. The number of aromatic nitrogens is 2. The minimum Gasteiger partial charge on any atom is -0.481 e. The molecule has 0 spiro atoms. The highest BCUT2D eigenvalue weighted by Gasteiger charge is 2.16. The van der Waals surface area contributed by atoms with E-state index >= 15 is 0 Å². The Kier molecular flexibility index (Phi) is 5.24. The summed E-state index contributed by atoms with van der Waals surface area (Å²) in [6.07, 6.45) is -0.222. The van der Waals surface area contributed by atoms with Gasteiger partial charge in [-0.25, -0.2) is 0 Å². The zero-order chi connectivity index (χ0) is 15.9. The number of carboxylic acid groups (broad SMARTS) is 1. The van der Waals surface area contributed by atoms with Gasteiger partial charge in [-0.3, -0.25) is 9.59 Å². The molecular formula is C15H17N3O4. The Bertz CT molecular complexity index is 639. The summed E-state index contributed by atoms with van der Waals surface area (Å²) in [6.45, 7) is 2.16. The van der Waals surface area contributed by atoms with Gasteiger partial charge in [0.25, 0.3) is 0 Å². The van der Waals surface area contributed by atoms with Crippen LogP contribution in [0.15, 0.2) is 34.9 Å². The van der Waals surface area contributed by atoms with Crippen molar-refractivity contribution < 1.29 is 19.2 Å². The first-order valence-corrected chi connectivity index (χ1v) is 6.93. The van der Waals surface area contributed by atoms with Crippen molar-refractivity contribution in [3.8, 4) is 11.4 Å². The number of hydrogen-bond acceptors (Lipinski definition) is 5. The topological polar surface area (TPSA) is 105 Å². The van der Waals surface area contributed by atoms with E-state index in [1.54, 1.807) is 0 Å². The Hall–Kier alpha value is -2.70. The lowest BCUT2D eigenvalue weighted by molar-refractivity contribution is -0.138. The summed E-state index contributed by atoms with van der Waals surface area (Å²) in [5.74, 6) is -0.527. The van der Waals surface area contributed by atoms with Crippen LogP contribution in [0, 0.1) is 0 Å². The van der Waals surface area contributed by atoms with Crippen molar-refractivity contribution in [2.45, 2.75) is 25.7 Å². The van der Waals surface area contributed by atoms with Gasteiger partial charge >= 0.3 is 5.97 Å². The van der Waals surface area contributed by atoms with Crippen LogP contribution in [-0.4, -0.2) is 33.7 Å². The number of rotatable bonds is 7. The number of amides is 1. The van der Waals surface area contributed by atoms with E-state index in [0.717, 1.165) is 5.56 Å². The molecule has 1 heterocycles. The third kappa shape index (κ3) is 4.41. The van der Waals surface area contributed by atoms with Crippen molar-refractivity contribution >= 4 is 11.9 Å². The summed E-state index contributed by atoms with van der Waals surface area (Å²) in [4.78, 5) is 26.2. The van der Waals surface area contributed by atoms with E-state index in [0.29, 0.717) is 18.3 Å². The predicted octanol–water partition coefficient (Wildman–Crippen LogP) is 1.82. The maximum absolute atomic E-state index is 11.5. The molecule has 2 aromatic rings. The second kappa shape index (κ2) is 7.35. The monoisotopic (exact) mass is 303 g/mol. The highest BCUT2D eigenvalue weighted by molar-refractivity contribution is 5.80. The van der Waals surface area contributed by atoms with Crippen molar-refractivity contribution in [2.75, 3.05) is 6.54 Å². The first-order valence-electron chi connectivity index (χ1n) is 6.93. The molecule has 0 bridgehead atoms. The Morgan fingerprint density at radius 2 is 2.00 bits per heavy atom. The highest BCUT2D eigenvalue weighted by atomic mass is 16.5. The van der Waals surface area contributed by atoms with E-state index in [9.17, 15) is 9.59 Å². The number of nitrogens with zero attached hydrogens (tertiary/aromatic N) is 2. The van der Waals surface area contributed by atoms with Crippen molar-refractivity contribution in [1.29, 1.82) is 0 Å². The fourth-order valence-corrected chi connectivity index (χ4v) is 1.80. The van der Waals surface area contributed by atoms with E-state index < -0.39 is 5.97 Å². The molecule has 7 heteroatoms. The molecule has 1 atom stereocenters. The summed E-state index contributed by atoms with van der Waals surface area (Å²) < 4.78 is 5.20. The van der Waals surface area contributed by atoms with Gasteiger partial charge in [0.2, 0.25) is 17.6 Å². The van der Waals surface area contributed by atoms with E-state index in [1.807, 2.05) is 37.3 Å². The minimum atomic E-state index is -0.993. The van der Waals surface area contributed by atoms with Crippen LogP contribution in [0.25, 0.3) is 11.4 Å². The lowest BCUT2D eigenvalue weighted by Gasteiger charge is -2.07. The lowest BCUT2D eigenvalue weighted by Crippen LogP contribution is -2.27. The molecule has 22 heavy (non-hydrogen) atoms. The molecule has 0 aliphatic rings. The fourth-order valence-electron chi connectivity index (χ4n) is 1.80. The maximum atomic E-state index is 11.5. The normalized spacial score (nSPS) is 11.9. The van der Waals surface area contributed by atoms with Crippen LogP contribution in [0.2, 0.25) is 0 Å². The zero-order valence-electron chi connectivity index (χ0n) is 12.2. The average Bonchev–Trinajstić information content (AvgIpc) is 3.01. The van der Waals surface area contributed by atoms with Crippen LogP contribution in [0.4, 0.5) is 0 Å². The molecule has 2 N–H and O–H groups in total. The number of aliphatic carboxylic acids is 1. The molecule has 1 unspecified atom stereocenters. The van der Waals surface area contributed by atoms with Gasteiger partial charge in [-0.1, -0.05) is 42.4 Å². The van der Waals surface area contributed by atoms with Gasteiger partial charge in [0.05, 0.1) is 12.3 Å². The summed E-state index contributed by atoms with van der Waals surface area (Å²) in [5, 5.41) is 15.1. The van der Waals surface area contributed by atoms with Crippen LogP contribution in [-0.2, 0) is 9.59 Å². The molecular weight excluding hydrogens is 286 g/mol. The van der Waals surface area contributed by atoms with Crippen molar-refractivity contribution in [3.63, 3.8) is 0 Å². The quantitative estimate of drug-likeness (QED) is 0.808. The van der Waals surface area contributed by atoms with E-state index in [2.05, 4.69) is 15.5 Å². The number of nitrogens with one attached hydrogen (secondary N) is 1. The van der Waals surface area contributed by atoms with Gasteiger partial charge in [-0.2, -0.15) is 4.98 Å². The van der Waals surface area contributed by atoms with Gasteiger partial charge < -0.3 is 14.9 Å². The molecule has 0 radical (unpaired) electrons. The zero-order valence-corrected chi connectivity index (χ0v) is 12.2. The molecule has 0 saturated heterocycles. The SMILES string of the molecule is CC(CNC(=O)CCC(=O)O)c1nc(-c2ccccc2)no1. The molecule has 1 aromatic carbocycles. The first-order chi connectivity index (χ1) is 10.6. The van der Waals surface area contributed by atoms with Crippen LogP contribution in [0.5, 0.6) is 0 Å². The van der Waals surface area contributed by atoms with Crippen LogP contribution >= 0.6 is 0 Å². The number of carbonyl (C=O) groups excluding carboxylic acids is 1. The van der Waals surface area contributed by atoms with E-state index in [1.165, 1.54) is 0 Å². The Labute approximate surface area is 127 Å². The van der Waals surface area contributed by atoms with Crippen LogP contribution in [0.3, 0.4) is 0 Å². The number of hydrogen-bond donors (Lipinski definition) is 2. The molecule has 1 amide bonds. The van der Waals surface area contributed by atoms with Crippen molar-refractivity contribution in [1.82, 2.24) is 15.5 Å². The molecule has 1 aromatic heterocycles. The van der Waals surface area contributed by atoms with Gasteiger partial charge in [-0.15, -0.1) is 0 Å². The molecule has 0 aliphatic heterocycles. The van der Waals surface area contributed by atoms with Crippen LogP contribution < -0.4 is 5.32 Å². The average molecular weight is 303 g/mol. The smallest absolute Gasteiger partial charge is 0.303 e. The lowest BCUT2D eigenvalue weighted by atomic mass is 10.1. The van der Waals surface area contributed by atoms with Crippen molar-refractivity contribution in [2.24, 2.45) is 0 Å². The highest BCUT2D eigenvalue weighted by Crippen LogP contribution is 2.18. The van der Waals surface area contributed by atoms with Crippen molar-refractivity contribution in [3.05, 3.63) is 36.2 Å². The van der Waals surface area contributed by atoms with Gasteiger partial charge in [0.1, 0.15) is 0 Å². The third-order valence-corrected chi connectivity index (χ3v) is 3.07. The summed E-state index contributed by atoms with van der Waals surface area (Å²) in [7, 11) is 0. The van der Waals surface area contributed by atoms with Gasteiger partial charge in [0, 0.05) is 18.5 Å². The van der Waals surface area contributed by atoms with Gasteiger partial charge in [0.15, 0.2) is 0 Å². The summed E-state index contributed by atoms with van der Waals surface area (Å²) in [5.41, 5.74) is 0.857. The minimum absolute atomic E-state index is 0.0405.